The van der Waals surface area contributed by atoms with Gasteiger partial charge in [-0.05, 0) is 37.8 Å². The highest BCUT2D eigenvalue weighted by atomic mass is 19.1. The molecular formula is C18H20FNO5. The summed E-state index contributed by atoms with van der Waals surface area (Å²) >= 11 is 0. The van der Waals surface area contributed by atoms with Crippen LogP contribution in [0.3, 0.4) is 0 Å². The van der Waals surface area contributed by atoms with E-state index in [2.05, 4.69) is 5.32 Å². The topological polar surface area (TPSA) is 73.9 Å². The number of ether oxygens (including phenoxy) is 3. The van der Waals surface area contributed by atoms with Crippen LogP contribution in [0.25, 0.3) is 0 Å². The molecule has 0 spiro atoms. The molecule has 25 heavy (non-hydrogen) atoms. The number of hydrogen-bond donors (Lipinski definition) is 1. The maximum Gasteiger partial charge on any atom is 0.350 e. The summed E-state index contributed by atoms with van der Waals surface area (Å²) in [4.78, 5) is 23.9. The SMILES string of the molecule is CC1(C)OC(=O)C(=CNc2cc(F)ccc2OC2CCCC2)C(=O)O1. The van der Waals surface area contributed by atoms with Crippen LogP contribution >= 0.6 is 0 Å². The summed E-state index contributed by atoms with van der Waals surface area (Å²) in [5.74, 6) is -2.91. The van der Waals surface area contributed by atoms with E-state index in [9.17, 15) is 14.0 Å². The van der Waals surface area contributed by atoms with Gasteiger partial charge in [-0.2, -0.15) is 0 Å². The lowest BCUT2D eigenvalue weighted by Gasteiger charge is -2.29. The van der Waals surface area contributed by atoms with Crippen molar-refractivity contribution in [2.45, 2.75) is 51.4 Å². The van der Waals surface area contributed by atoms with E-state index in [1.165, 1.54) is 32.0 Å². The molecule has 1 aromatic carbocycles. The summed E-state index contributed by atoms with van der Waals surface area (Å²) in [6.45, 7) is 2.93. The Hall–Kier alpha value is -2.57. The molecule has 1 aromatic rings. The van der Waals surface area contributed by atoms with Gasteiger partial charge in [0.15, 0.2) is 5.57 Å². The number of halogens is 1. The lowest BCUT2D eigenvalue weighted by atomic mass is 10.2. The van der Waals surface area contributed by atoms with E-state index in [-0.39, 0.29) is 11.7 Å². The van der Waals surface area contributed by atoms with Crippen molar-refractivity contribution in [3.05, 3.63) is 35.8 Å². The molecule has 0 aromatic heterocycles. The molecule has 1 saturated heterocycles. The van der Waals surface area contributed by atoms with E-state index in [4.69, 9.17) is 14.2 Å². The van der Waals surface area contributed by atoms with Crippen LogP contribution in [0, 0.1) is 5.82 Å². The van der Waals surface area contributed by atoms with Gasteiger partial charge in [0.25, 0.3) is 5.79 Å². The fourth-order valence-corrected chi connectivity index (χ4v) is 2.83. The zero-order valence-electron chi connectivity index (χ0n) is 14.1. The summed E-state index contributed by atoms with van der Waals surface area (Å²) < 4.78 is 29.5. The van der Waals surface area contributed by atoms with Crippen LogP contribution in [0.2, 0.25) is 0 Å². The van der Waals surface area contributed by atoms with Gasteiger partial charge in [0.1, 0.15) is 11.6 Å². The quantitative estimate of drug-likeness (QED) is 0.511. The van der Waals surface area contributed by atoms with Gasteiger partial charge in [-0.3, -0.25) is 0 Å². The monoisotopic (exact) mass is 349 g/mol. The predicted molar refractivity (Wildman–Crippen MR) is 87.3 cm³/mol. The van der Waals surface area contributed by atoms with Crippen LogP contribution in [0.15, 0.2) is 30.0 Å². The fourth-order valence-electron chi connectivity index (χ4n) is 2.83. The Labute approximate surface area is 144 Å². The zero-order chi connectivity index (χ0) is 18.0. The third-order valence-electron chi connectivity index (χ3n) is 4.03. The average molecular weight is 349 g/mol. The lowest BCUT2D eigenvalue weighted by molar-refractivity contribution is -0.222. The predicted octanol–water partition coefficient (Wildman–Crippen LogP) is 3.28. The molecule has 0 atom stereocenters. The summed E-state index contributed by atoms with van der Waals surface area (Å²) in [6, 6.07) is 4.06. The maximum absolute atomic E-state index is 13.6. The second kappa shape index (κ2) is 6.74. The molecular weight excluding hydrogens is 329 g/mol. The van der Waals surface area contributed by atoms with Gasteiger partial charge in [-0.1, -0.05) is 0 Å². The Balaban J connectivity index is 1.79. The summed E-state index contributed by atoms with van der Waals surface area (Å²) in [6.07, 6.45) is 5.34. The lowest BCUT2D eigenvalue weighted by Crippen LogP contribution is -2.42. The standard InChI is InChI=1S/C18H20FNO5/c1-18(2)24-16(21)13(17(22)25-18)10-20-14-9-11(19)7-8-15(14)23-12-5-3-4-6-12/h7-10,12,20H,3-6H2,1-2H3. The number of anilines is 1. The average Bonchev–Trinajstić information content (AvgIpc) is 3.00. The molecule has 1 saturated carbocycles. The number of esters is 2. The van der Waals surface area contributed by atoms with Gasteiger partial charge in [0, 0.05) is 26.1 Å². The number of carbonyl (C=O) groups excluding carboxylic acids is 2. The van der Waals surface area contributed by atoms with Crippen molar-refractivity contribution in [3.8, 4) is 5.75 Å². The Morgan fingerprint density at radius 1 is 1.20 bits per heavy atom. The number of benzene rings is 1. The third-order valence-corrected chi connectivity index (χ3v) is 4.03. The third kappa shape index (κ3) is 4.10. The smallest absolute Gasteiger partial charge is 0.350 e. The first-order chi connectivity index (χ1) is 11.8. The summed E-state index contributed by atoms with van der Waals surface area (Å²) in [5.41, 5.74) is 0.0280. The Kier molecular flexibility index (Phi) is 4.65. The van der Waals surface area contributed by atoms with Crippen LogP contribution in [-0.2, 0) is 19.1 Å². The minimum absolute atomic E-state index is 0.0871. The minimum atomic E-state index is -1.30. The molecule has 6 nitrogen and oxygen atoms in total. The second-order valence-corrected chi connectivity index (χ2v) is 6.55. The molecule has 0 bridgehead atoms. The fraction of sp³-hybridized carbons (Fsp3) is 0.444. The van der Waals surface area contributed by atoms with E-state index >= 15 is 0 Å². The van der Waals surface area contributed by atoms with Crippen molar-refractivity contribution >= 4 is 17.6 Å². The Morgan fingerprint density at radius 2 is 1.84 bits per heavy atom. The molecule has 2 fully saturated rings. The largest absolute Gasteiger partial charge is 0.488 e. The van der Waals surface area contributed by atoms with Crippen LogP contribution < -0.4 is 10.1 Å². The van der Waals surface area contributed by atoms with E-state index in [0.29, 0.717) is 11.4 Å². The number of carbonyl (C=O) groups is 2. The van der Waals surface area contributed by atoms with E-state index in [1.807, 2.05) is 0 Å². The summed E-state index contributed by atoms with van der Waals surface area (Å²) in [5, 5.41) is 2.76. The van der Waals surface area contributed by atoms with Gasteiger partial charge >= 0.3 is 11.9 Å². The highest BCUT2D eigenvalue weighted by molar-refractivity contribution is 6.15. The molecule has 1 aliphatic heterocycles. The van der Waals surface area contributed by atoms with Gasteiger partial charge < -0.3 is 19.5 Å². The van der Waals surface area contributed by atoms with Crippen molar-refractivity contribution < 1.29 is 28.2 Å². The van der Waals surface area contributed by atoms with Crippen molar-refractivity contribution in [2.75, 3.05) is 5.32 Å². The molecule has 3 rings (SSSR count). The molecule has 1 N–H and O–H groups in total. The molecule has 2 aliphatic rings. The van der Waals surface area contributed by atoms with E-state index in [1.54, 1.807) is 0 Å². The molecule has 7 heteroatoms. The van der Waals surface area contributed by atoms with Crippen LogP contribution in [0.4, 0.5) is 10.1 Å². The highest BCUT2D eigenvalue weighted by Crippen LogP contribution is 2.31. The number of nitrogens with one attached hydrogen (secondary N) is 1. The van der Waals surface area contributed by atoms with Gasteiger partial charge in [0.2, 0.25) is 0 Å². The zero-order valence-corrected chi connectivity index (χ0v) is 14.1. The number of hydrogen-bond acceptors (Lipinski definition) is 6. The molecule has 134 valence electrons. The Bertz CT molecular complexity index is 700. The maximum atomic E-state index is 13.6. The first kappa shape index (κ1) is 17.3. The molecule has 0 amide bonds. The summed E-state index contributed by atoms with van der Waals surface area (Å²) in [7, 11) is 0. The van der Waals surface area contributed by atoms with Crippen LogP contribution in [0.1, 0.15) is 39.5 Å². The van der Waals surface area contributed by atoms with E-state index in [0.717, 1.165) is 31.9 Å². The van der Waals surface area contributed by atoms with Gasteiger partial charge in [-0.25, -0.2) is 14.0 Å². The van der Waals surface area contributed by atoms with Gasteiger partial charge in [-0.15, -0.1) is 0 Å². The van der Waals surface area contributed by atoms with Gasteiger partial charge in [0.05, 0.1) is 11.8 Å². The molecule has 1 heterocycles. The molecule has 0 radical (unpaired) electrons. The minimum Gasteiger partial charge on any atom is -0.488 e. The van der Waals surface area contributed by atoms with Crippen molar-refractivity contribution in [3.63, 3.8) is 0 Å². The number of rotatable bonds is 4. The first-order valence-electron chi connectivity index (χ1n) is 8.24. The normalized spacial score (nSPS) is 20.0. The van der Waals surface area contributed by atoms with E-state index < -0.39 is 23.5 Å². The molecule has 0 unspecified atom stereocenters. The Morgan fingerprint density at radius 3 is 2.48 bits per heavy atom. The molecule has 1 aliphatic carbocycles. The van der Waals surface area contributed by atoms with Crippen LogP contribution in [-0.4, -0.2) is 23.8 Å². The van der Waals surface area contributed by atoms with Crippen molar-refractivity contribution in [1.82, 2.24) is 0 Å². The number of cyclic esters (lactones) is 2. The van der Waals surface area contributed by atoms with Crippen LogP contribution in [0.5, 0.6) is 5.75 Å². The second-order valence-electron chi connectivity index (χ2n) is 6.55. The van der Waals surface area contributed by atoms with Crippen molar-refractivity contribution in [1.29, 1.82) is 0 Å². The van der Waals surface area contributed by atoms with Crippen molar-refractivity contribution in [2.24, 2.45) is 0 Å². The first-order valence-corrected chi connectivity index (χ1v) is 8.24. The highest BCUT2D eigenvalue weighted by Gasteiger charge is 2.39.